The van der Waals surface area contributed by atoms with Crippen molar-refractivity contribution in [3.63, 3.8) is 0 Å². The molecule has 2 aromatic carbocycles. The lowest BCUT2D eigenvalue weighted by atomic mass is 10.0. The molecule has 0 unspecified atom stereocenters. The third-order valence-electron chi connectivity index (χ3n) is 4.21. The highest BCUT2D eigenvalue weighted by Crippen LogP contribution is 2.26. The van der Waals surface area contributed by atoms with Gasteiger partial charge in [0.2, 0.25) is 5.16 Å². The highest BCUT2D eigenvalue weighted by molar-refractivity contribution is 7.98. The van der Waals surface area contributed by atoms with Crippen molar-refractivity contribution in [3.05, 3.63) is 71.9 Å². The fourth-order valence-electron chi connectivity index (χ4n) is 2.69. The van der Waals surface area contributed by atoms with E-state index < -0.39 is 0 Å². The molecule has 4 aromatic rings. The lowest BCUT2D eigenvalue weighted by Crippen LogP contribution is -2.00. The van der Waals surface area contributed by atoms with Gasteiger partial charge >= 0.3 is 0 Å². The van der Waals surface area contributed by atoms with Gasteiger partial charge in [0.05, 0.1) is 11.4 Å². The average Bonchev–Trinajstić information content (AvgIpc) is 3.36. The first-order chi connectivity index (χ1) is 13.2. The van der Waals surface area contributed by atoms with Crippen LogP contribution in [0, 0.1) is 0 Å². The molecule has 0 atom stereocenters. The lowest BCUT2D eigenvalue weighted by Gasteiger charge is -2.07. The zero-order valence-electron chi connectivity index (χ0n) is 15.1. The topological polar surface area (TPSA) is 69.6 Å². The number of aromatic nitrogens is 5. The summed E-state index contributed by atoms with van der Waals surface area (Å²) in [5.41, 5.74) is 4.09. The molecular formula is C20H19N5OS. The van der Waals surface area contributed by atoms with Crippen molar-refractivity contribution in [3.8, 4) is 17.0 Å². The molecule has 0 saturated heterocycles. The highest BCUT2D eigenvalue weighted by Gasteiger charge is 2.12. The first-order valence-corrected chi connectivity index (χ1v) is 9.72. The maximum absolute atomic E-state index is 5.45. The highest BCUT2D eigenvalue weighted by atomic mass is 32.2. The average molecular weight is 377 g/mol. The summed E-state index contributed by atoms with van der Waals surface area (Å²) in [7, 11) is 0. The monoisotopic (exact) mass is 377 g/mol. The van der Waals surface area contributed by atoms with Crippen LogP contribution in [0.15, 0.2) is 70.3 Å². The van der Waals surface area contributed by atoms with Gasteiger partial charge in [0.15, 0.2) is 5.76 Å². The first-order valence-electron chi connectivity index (χ1n) is 8.73. The Morgan fingerprint density at radius 2 is 1.81 bits per heavy atom. The van der Waals surface area contributed by atoms with Crippen LogP contribution in [-0.2, 0) is 5.75 Å². The quantitative estimate of drug-likeness (QED) is 0.452. The Labute approximate surface area is 161 Å². The fraction of sp³-hybridized carbons (Fsp3) is 0.200. The molecular weight excluding hydrogens is 358 g/mol. The van der Waals surface area contributed by atoms with Crippen LogP contribution in [0.2, 0.25) is 0 Å². The minimum atomic E-state index is 0.493. The molecule has 0 aliphatic rings. The second kappa shape index (κ2) is 7.75. The Kier molecular flexibility index (Phi) is 5.02. The first kappa shape index (κ1) is 17.5. The Balaban J connectivity index is 1.47. The Bertz CT molecular complexity index is 1010. The molecule has 0 bridgehead atoms. The van der Waals surface area contributed by atoms with Gasteiger partial charge in [-0.05, 0) is 34.0 Å². The van der Waals surface area contributed by atoms with Crippen molar-refractivity contribution in [2.45, 2.75) is 30.7 Å². The predicted octanol–water partition coefficient (Wildman–Crippen LogP) is 4.73. The summed E-state index contributed by atoms with van der Waals surface area (Å²) in [5, 5.41) is 16.9. The summed E-state index contributed by atoms with van der Waals surface area (Å²) in [5.74, 6) is 1.88. The number of nitrogens with zero attached hydrogens (tertiary/aromatic N) is 5. The molecule has 27 heavy (non-hydrogen) atoms. The van der Waals surface area contributed by atoms with E-state index in [9.17, 15) is 0 Å². The zero-order chi connectivity index (χ0) is 18.6. The molecule has 0 saturated carbocycles. The summed E-state index contributed by atoms with van der Waals surface area (Å²) in [6.45, 7) is 4.35. The number of rotatable bonds is 6. The Hall–Kier alpha value is -2.93. The molecule has 6 nitrogen and oxygen atoms in total. The second-order valence-corrected chi connectivity index (χ2v) is 7.40. The third-order valence-corrected chi connectivity index (χ3v) is 5.16. The molecule has 0 fully saturated rings. The molecule has 0 aliphatic carbocycles. The minimum absolute atomic E-state index is 0.493. The number of benzene rings is 2. The van der Waals surface area contributed by atoms with Gasteiger partial charge in [0.25, 0.3) is 0 Å². The van der Waals surface area contributed by atoms with Crippen LogP contribution in [0.1, 0.15) is 31.0 Å². The normalized spacial score (nSPS) is 11.2. The van der Waals surface area contributed by atoms with Crippen molar-refractivity contribution in [2.24, 2.45) is 0 Å². The van der Waals surface area contributed by atoms with E-state index in [2.05, 4.69) is 46.7 Å². The third kappa shape index (κ3) is 3.93. The number of thioether (sulfide) groups is 1. The Morgan fingerprint density at radius 3 is 2.56 bits per heavy atom. The molecule has 0 N–H and O–H groups in total. The number of hydrogen-bond acceptors (Lipinski definition) is 6. The minimum Gasteiger partial charge on any atom is -0.356 e. The van der Waals surface area contributed by atoms with Crippen molar-refractivity contribution in [1.29, 1.82) is 0 Å². The molecule has 0 radical (unpaired) electrons. The smallest absolute Gasteiger partial charge is 0.214 e. The zero-order valence-corrected chi connectivity index (χ0v) is 15.9. The van der Waals surface area contributed by atoms with Gasteiger partial charge in [0.1, 0.15) is 0 Å². The maximum Gasteiger partial charge on any atom is 0.214 e. The molecule has 0 aliphatic heterocycles. The van der Waals surface area contributed by atoms with E-state index >= 15 is 0 Å². The summed E-state index contributed by atoms with van der Waals surface area (Å²) in [6.07, 6.45) is 0. The van der Waals surface area contributed by atoms with Crippen molar-refractivity contribution in [2.75, 3.05) is 0 Å². The SMILES string of the molecule is CC(C)c1ccc(-n2nnnc2SCc2cc(-c3ccccc3)on2)cc1. The largest absolute Gasteiger partial charge is 0.356 e. The maximum atomic E-state index is 5.45. The van der Waals surface area contributed by atoms with E-state index in [0.717, 1.165) is 27.9 Å². The van der Waals surface area contributed by atoms with Crippen LogP contribution in [0.5, 0.6) is 0 Å². The van der Waals surface area contributed by atoms with Gasteiger partial charge in [0, 0.05) is 17.4 Å². The van der Waals surface area contributed by atoms with E-state index in [1.165, 1.54) is 17.3 Å². The second-order valence-electron chi connectivity index (χ2n) is 6.46. The van der Waals surface area contributed by atoms with Gasteiger partial charge < -0.3 is 4.52 Å². The summed E-state index contributed by atoms with van der Waals surface area (Å²) in [6, 6.07) is 20.2. The molecule has 136 valence electrons. The van der Waals surface area contributed by atoms with E-state index in [1.54, 1.807) is 4.68 Å². The van der Waals surface area contributed by atoms with Gasteiger partial charge in [-0.15, -0.1) is 5.10 Å². The van der Waals surface area contributed by atoms with E-state index in [4.69, 9.17) is 4.52 Å². The standard InChI is InChI=1S/C20H19N5OS/c1-14(2)15-8-10-18(11-9-15)25-20(21-23-24-25)27-13-17-12-19(26-22-17)16-6-4-3-5-7-16/h3-12,14H,13H2,1-2H3. The number of tetrazole rings is 1. The van der Waals surface area contributed by atoms with Crippen LogP contribution in [0.3, 0.4) is 0 Å². The van der Waals surface area contributed by atoms with Crippen LogP contribution < -0.4 is 0 Å². The Morgan fingerprint density at radius 1 is 1.04 bits per heavy atom. The van der Waals surface area contributed by atoms with Gasteiger partial charge in [-0.3, -0.25) is 0 Å². The summed E-state index contributed by atoms with van der Waals surface area (Å²) >= 11 is 1.53. The molecule has 2 aromatic heterocycles. The fourth-order valence-corrected chi connectivity index (χ4v) is 3.46. The molecule has 2 heterocycles. The molecule has 4 rings (SSSR count). The molecule has 0 spiro atoms. The lowest BCUT2D eigenvalue weighted by molar-refractivity contribution is 0.426. The van der Waals surface area contributed by atoms with Crippen molar-refractivity contribution < 1.29 is 4.52 Å². The van der Waals surface area contributed by atoms with Crippen LogP contribution >= 0.6 is 11.8 Å². The molecule has 0 amide bonds. The van der Waals surface area contributed by atoms with Crippen LogP contribution in [-0.4, -0.2) is 25.4 Å². The van der Waals surface area contributed by atoms with Crippen LogP contribution in [0.25, 0.3) is 17.0 Å². The van der Waals surface area contributed by atoms with Gasteiger partial charge in [-0.2, -0.15) is 4.68 Å². The van der Waals surface area contributed by atoms with E-state index in [-0.39, 0.29) is 0 Å². The summed E-state index contributed by atoms with van der Waals surface area (Å²) < 4.78 is 7.19. The number of hydrogen-bond donors (Lipinski definition) is 0. The van der Waals surface area contributed by atoms with E-state index in [0.29, 0.717) is 11.7 Å². The van der Waals surface area contributed by atoms with Gasteiger partial charge in [-0.1, -0.05) is 73.2 Å². The van der Waals surface area contributed by atoms with Crippen LogP contribution in [0.4, 0.5) is 0 Å². The van der Waals surface area contributed by atoms with Crippen molar-refractivity contribution in [1.82, 2.24) is 25.4 Å². The molecule has 7 heteroatoms. The summed E-state index contributed by atoms with van der Waals surface area (Å²) in [4.78, 5) is 0. The van der Waals surface area contributed by atoms with E-state index in [1.807, 2.05) is 48.5 Å². The predicted molar refractivity (Wildman–Crippen MR) is 105 cm³/mol. The van der Waals surface area contributed by atoms with Crippen molar-refractivity contribution >= 4 is 11.8 Å². The van der Waals surface area contributed by atoms with Gasteiger partial charge in [-0.25, -0.2) is 0 Å².